The summed E-state index contributed by atoms with van der Waals surface area (Å²) in [5.41, 5.74) is 1.30. The highest BCUT2D eigenvalue weighted by Gasteiger charge is 2.35. The van der Waals surface area contributed by atoms with Gasteiger partial charge in [-0.25, -0.2) is 0 Å². The summed E-state index contributed by atoms with van der Waals surface area (Å²) in [4.78, 5) is 26.0. The van der Waals surface area contributed by atoms with Crippen molar-refractivity contribution >= 4 is 40.8 Å². The highest BCUT2D eigenvalue weighted by atomic mass is 35.5. The quantitative estimate of drug-likeness (QED) is 0.484. The van der Waals surface area contributed by atoms with Crippen molar-refractivity contribution in [2.45, 2.75) is 52.6 Å². The lowest BCUT2D eigenvalue weighted by molar-refractivity contribution is -0.160. The highest BCUT2D eigenvalue weighted by molar-refractivity contribution is 6.35. The number of carbonyl (C=O) groups excluding carboxylic acids is 2. The van der Waals surface area contributed by atoms with E-state index in [0.717, 1.165) is 25.7 Å². The first-order chi connectivity index (χ1) is 14.6. The van der Waals surface area contributed by atoms with E-state index in [2.05, 4.69) is 26.1 Å². The molecule has 1 aliphatic carbocycles. The van der Waals surface area contributed by atoms with Crippen molar-refractivity contribution in [3.63, 3.8) is 0 Å². The van der Waals surface area contributed by atoms with Crippen molar-refractivity contribution in [2.24, 2.45) is 17.3 Å². The maximum absolute atomic E-state index is 13.1. The number of rotatable bonds is 5. The number of benzene rings is 2. The Kier molecular flexibility index (Phi) is 7.66. The molecular formula is C25H29Cl2NO3. The molecule has 1 saturated carbocycles. The van der Waals surface area contributed by atoms with Gasteiger partial charge in [-0.3, -0.25) is 9.59 Å². The zero-order valence-corrected chi connectivity index (χ0v) is 19.7. The minimum atomic E-state index is -1.05. The van der Waals surface area contributed by atoms with Crippen LogP contribution in [-0.2, 0) is 14.3 Å². The lowest BCUT2D eigenvalue weighted by Gasteiger charge is -2.36. The van der Waals surface area contributed by atoms with Gasteiger partial charge in [0.15, 0.2) is 0 Å². The molecule has 1 aliphatic rings. The van der Waals surface area contributed by atoms with Crippen LogP contribution in [-0.4, -0.2) is 11.9 Å². The first kappa shape index (κ1) is 23.6. The lowest BCUT2D eigenvalue weighted by Crippen LogP contribution is -2.32. The van der Waals surface area contributed by atoms with E-state index in [4.69, 9.17) is 27.9 Å². The zero-order valence-electron chi connectivity index (χ0n) is 18.2. The summed E-state index contributed by atoms with van der Waals surface area (Å²) in [6, 6.07) is 13.8. The van der Waals surface area contributed by atoms with Gasteiger partial charge in [-0.2, -0.15) is 0 Å². The van der Waals surface area contributed by atoms with E-state index in [9.17, 15) is 9.59 Å². The number of nitrogens with one attached hydrogen (secondary N) is 1. The third-order valence-electron chi connectivity index (χ3n) is 5.99. The zero-order chi connectivity index (χ0) is 22.6. The monoisotopic (exact) mass is 461 g/mol. The molecule has 1 fully saturated rings. The first-order valence-corrected chi connectivity index (χ1v) is 11.4. The summed E-state index contributed by atoms with van der Waals surface area (Å²) in [6.07, 6.45) is 2.51. The molecule has 31 heavy (non-hydrogen) atoms. The summed E-state index contributed by atoms with van der Waals surface area (Å²) < 4.78 is 5.77. The fourth-order valence-corrected chi connectivity index (χ4v) is 4.67. The molecule has 3 rings (SSSR count). The van der Waals surface area contributed by atoms with Crippen molar-refractivity contribution in [1.82, 2.24) is 0 Å². The van der Waals surface area contributed by atoms with E-state index in [1.807, 2.05) is 18.2 Å². The molecule has 2 aromatic carbocycles. The molecule has 4 nitrogen and oxygen atoms in total. The van der Waals surface area contributed by atoms with E-state index in [1.165, 1.54) is 0 Å². The van der Waals surface area contributed by atoms with E-state index in [-0.39, 0.29) is 17.3 Å². The molecule has 1 N–H and O–H groups in total. The minimum Gasteiger partial charge on any atom is -0.447 e. The molecule has 0 aromatic heterocycles. The molecule has 6 heteroatoms. The van der Waals surface area contributed by atoms with Crippen LogP contribution in [0.25, 0.3) is 0 Å². The van der Waals surface area contributed by atoms with Gasteiger partial charge in [-0.1, -0.05) is 74.3 Å². The number of esters is 1. The van der Waals surface area contributed by atoms with E-state index in [0.29, 0.717) is 27.2 Å². The number of carbonyl (C=O) groups is 2. The van der Waals surface area contributed by atoms with Gasteiger partial charge in [0.05, 0.1) is 5.92 Å². The van der Waals surface area contributed by atoms with Gasteiger partial charge < -0.3 is 10.1 Å². The van der Waals surface area contributed by atoms with Crippen LogP contribution >= 0.6 is 23.2 Å². The van der Waals surface area contributed by atoms with Gasteiger partial charge in [-0.15, -0.1) is 0 Å². The summed E-state index contributed by atoms with van der Waals surface area (Å²) in [5.74, 6) is -0.350. The van der Waals surface area contributed by atoms with Gasteiger partial charge in [0, 0.05) is 21.3 Å². The number of halogens is 2. The molecule has 0 saturated heterocycles. The van der Waals surface area contributed by atoms with Gasteiger partial charge >= 0.3 is 5.97 Å². The Morgan fingerprint density at radius 3 is 2.10 bits per heavy atom. The largest absolute Gasteiger partial charge is 0.447 e. The van der Waals surface area contributed by atoms with Gasteiger partial charge in [0.25, 0.3) is 5.91 Å². The van der Waals surface area contributed by atoms with E-state index < -0.39 is 12.0 Å². The Labute approximate surface area is 194 Å². The Bertz CT molecular complexity index is 896. The van der Waals surface area contributed by atoms with Crippen LogP contribution in [0.2, 0.25) is 10.0 Å². The molecule has 1 atom stereocenters. The third kappa shape index (κ3) is 6.47. The second-order valence-corrected chi connectivity index (χ2v) is 10.2. The molecule has 2 aromatic rings. The molecule has 0 heterocycles. The maximum atomic E-state index is 13.1. The van der Waals surface area contributed by atoms with Crippen molar-refractivity contribution in [3.8, 4) is 0 Å². The predicted octanol–water partition coefficient (Wildman–Crippen LogP) is 7.07. The van der Waals surface area contributed by atoms with Crippen molar-refractivity contribution < 1.29 is 14.3 Å². The summed E-state index contributed by atoms with van der Waals surface area (Å²) >= 11 is 12.1. The second-order valence-electron chi connectivity index (χ2n) is 9.29. The summed E-state index contributed by atoms with van der Waals surface area (Å²) in [7, 11) is 0. The topological polar surface area (TPSA) is 55.4 Å². The Morgan fingerprint density at radius 2 is 1.55 bits per heavy atom. The molecule has 0 spiro atoms. The van der Waals surface area contributed by atoms with Crippen LogP contribution in [0.15, 0.2) is 48.5 Å². The molecule has 1 unspecified atom stereocenters. The van der Waals surface area contributed by atoms with Gasteiger partial charge in [-0.05, 0) is 55.2 Å². The standard InChI is InChI=1S/C25H29Cl2NO3/c1-25(2,3)18-11-9-17(10-12-18)24(30)31-22(16-7-5-4-6-8-16)23(29)28-21-14-19(26)13-20(27)15-21/h4-8,13-15,17-18,22H,9-12H2,1-3H3,(H,28,29). The van der Waals surface area contributed by atoms with E-state index >= 15 is 0 Å². The average Bonchev–Trinajstić information content (AvgIpc) is 2.71. The molecule has 1 amide bonds. The number of amides is 1. The molecule has 166 valence electrons. The van der Waals surface area contributed by atoms with Crippen LogP contribution in [0.1, 0.15) is 58.1 Å². The van der Waals surface area contributed by atoms with E-state index in [1.54, 1.807) is 30.3 Å². The van der Waals surface area contributed by atoms with Crippen LogP contribution in [0, 0.1) is 17.3 Å². The average molecular weight is 462 g/mol. The smallest absolute Gasteiger partial charge is 0.310 e. The van der Waals surface area contributed by atoms with Crippen LogP contribution in [0.3, 0.4) is 0 Å². The number of hydrogen-bond acceptors (Lipinski definition) is 3. The number of anilines is 1. The van der Waals surface area contributed by atoms with Crippen LogP contribution in [0.5, 0.6) is 0 Å². The van der Waals surface area contributed by atoms with Crippen LogP contribution in [0.4, 0.5) is 5.69 Å². The lowest BCUT2D eigenvalue weighted by atomic mass is 9.70. The fraction of sp³-hybridized carbons (Fsp3) is 0.440. The predicted molar refractivity (Wildman–Crippen MR) is 125 cm³/mol. The Balaban J connectivity index is 1.72. The van der Waals surface area contributed by atoms with Crippen molar-refractivity contribution in [2.75, 3.05) is 5.32 Å². The molecular weight excluding hydrogens is 433 g/mol. The molecule has 0 bridgehead atoms. The normalized spacial score (nSPS) is 20.0. The minimum absolute atomic E-state index is 0.182. The Hall–Kier alpha value is -2.04. The molecule has 0 aliphatic heterocycles. The van der Waals surface area contributed by atoms with Crippen molar-refractivity contribution in [1.29, 1.82) is 0 Å². The number of hydrogen-bond donors (Lipinski definition) is 1. The number of ether oxygens (including phenoxy) is 1. The third-order valence-corrected chi connectivity index (χ3v) is 6.43. The summed E-state index contributed by atoms with van der Waals surface area (Å²) in [6.45, 7) is 6.73. The second kappa shape index (κ2) is 10.1. The maximum Gasteiger partial charge on any atom is 0.310 e. The summed E-state index contributed by atoms with van der Waals surface area (Å²) in [5, 5.41) is 3.59. The van der Waals surface area contributed by atoms with Gasteiger partial charge in [0.2, 0.25) is 6.10 Å². The molecule has 0 radical (unpaired) electrons. The fourth-order valence-electron chi connectivity index (χ4n) is 4.14. The highest BCUT2D eigenvalue weighted by Crippen LogP contribution is 2.40. The van der Waals surface area contributed by atoms with Gasteiger partial charge in [0.1, 0.15) is 0 Å². The van der Waals surface area contributed by atoms with Crippen LogP contribution < -0.4 is 5.32 Å². The SMILES string of the molecule is CC(C)(C)C1CCC(C(=O)OC(C(=O)Nc2cc(Cl)cc(Cl)c2)c2ccccc2)CC1. The Morgan fingerprint density at radius 1 is 0.968 bits per heavy atom. The van der Waals surface area contributed by atoms with Crippen molar-refractivity contribution in [3.05, 3.63) is 64.1 Å². The first-order valence-electron chi connectivity index (χ1n) is 10.7.